The lowest BCUT2D eigenvalue weighted by atomic mass is 10.0. The molecule has 0 amide bonds. The van der Waals surface area contributed by atoms with Crippen LogP contribution in [0.1, 0.15) is 33.6 Å². The van der Waals surface area contributed by atoms with Crippen molar-refractivity contribution in [1.29, 1.82) is 0 Å². The Morgan fingerprint density at radius 2 is 1.95 bits per heavy atom. The van der Waals surface area contributed by atoms with Gasteiger partial charge in [-0.05, 0) is 49.9 Å². The van der Waals surface area contributed by atoms with Gasteiger partial charge in [0, 0.05) is 17.8 Å². The molecule has 1 aromatic carbocycles. The lowest BCUT2D eigenvalue weighted by Crippen LogP contribution is -2.21. The molecule has 0 fully saturated rings. The van der Waals surface area contributed by atoms with Crippen molar-refractivity contribution >= 4 is 11.7 Å². The van der Waals surface area contributed by atoms with Crippen molar-refractivity contribution in [3.63, 3.8) is 0 Å². The lowest BCUT2D eigenvalue weighted by molar-refractivity contribution is -0.137. The molecule has 0 saturated carbocycles. The fraction of sp³-hybridized carbons (Fsp3) is 0.500. The van der Waals surface area contributed by atoms with E-state index in [2.05, 4.69) is 19.2 Å². The Hall–Kier alpha value is -1.97. The highest BCUT2D eigenvalue weighted by atomic mass is 16.5. The molecule has 1 aromatic rings. The maximum atomic E-state index is 11.3. The van der Waals surface area contributed by atoms with Gasteiger partial charge in [0.2, 0.25) is 0 Å². The molecule has 0 aliphatic heterocycles. The van der Waals surface area contributed by atoms with E-state index in [0.717, 1.165) is 24.3 Å². The van der Waals surface area contributed by atoms with Crippen molar-refractivity contribution in [2.75, 3.05) is 19.0 Å². The van der Waals surface area contributed by atoms with Crippen LogP contribution in [0.3, 0.4) is 0 Å². The van der Waals surface area contributed by atoms with Gasteiger partial charge in [0.05, 0.1) is 13.7 Å². The van der Waals surface area contributed by atoms with Crippen molar-refractivity contribution in [2.24, 2.45) is 5.92 Å². The molecular formula is C18H27NO3. The highest BCUT2D eigenvalue weighted by molar-refractivity contribution is 5.81. The van der Waals surface area contributed by atoms with Gasteiger partial charge >= 0.3 is 5.97 Å². The fourth-order valence-electron chi connectivity index (χ4n) is 2.22. The predicted molar refractivity (Wildman–Crippen MR) is 90.2 cm³/mol. The number of carbonyl (C=O) groups is 1. The number of benzene rings is 1. The topological polar surface area (TPSA) is 47.6 Å². The summed E-state index contributed by atoms with van der Waals surface area (Å²) in [5.74, 6) is 1.13. The van der Waals surface area contributed by atoms with Crippen LogP contribution in [0.5, 0.6) is 5.75 Å². The van der Waals surface area contributed by atoms with Gasteiger partial charge in [-0.2, -0.15) is 0 Å². The maximum Gasteiger partial charge on any atom is 0.330 e. The summed E-state index contributed by atoms with van der Waals surface area (Å²) < 4.78 is 10.1. The number of esters is 1. The second-order valence-electron chi connectivity index (χ2n) is 5.59. The second kappa shape index (κ2) is 9.87. The van der Waals surface area contributed by atoms with Gasteiger partial charge in [-0.25, -0.2) is 4.79 Å². The molecule has 0 spiro atoms. The molecule has 4 heteroatoms. The van der Waals surface area contributed by atoms with Crippen LogP contribution < -0.4 is 10.1 Å². The van der Waals surface area contributed by atoms with Crippen LogP contribution in [0.25, 0.3) is 0 Å². The van der Waals surface area contributed by atoms with E-state index in [1.807, 2.05) is 30.3 Å². The summed E-state index contributed by atoms with van der Waals surface area (Å²) in [4.78, 5) is 11.3. The SMILES string of the molecule is CCOC(=O)/C=C/C[C@@H](CC(C)C)Nc1ccc(OC)cc1. The summed E-state index contributed by atoms with van der Waals surface area (Å²) in [6.07, 6.45) is 5.19. The molecule has 0 saturated heterocycles. The molecule has 1 N–H and O–H groups in total. The Kier molecular flexibility index (Phi) is 8.11. The van der Waals surface area contributed by atoms with Crippen molar-refractivity contribution in [2.45, 2.75) is 39.7 Å². The number of anilines is 1. The highest BCUT2D eigenvalue weighted by Gasteiger charge is 2.10. The van der Waals surface area contributed by atoms with Crippen LogP contribution in [0.2, 0.25) is 0 Å². The average molecular weight is 305 g/mol. The van der Waals surface area contributed by atoms with Crippen molar-refractivity contribution in [3.05, 3.63) is 36.4 Å². The van der Waals surface area contributed by atoms with E-state index in [0.29, 0.717) is 12.5 Å². The number of methoxy groups -OCH3 is 1. The summed E-state index contributed by atoms with van der Waals surface area (Å²) in [5, 5.41) is 3.51. The first-order valence-electron chi connectivity index (χ1n) is 7.79. The zero-order chi connectivity index (χ0) is 16.4. The first-order valence-corrected chi connectivity index (χ1v) is 7.79. The molecular weight excluding hydrogens is 278 g/mol. The molecule has 0 aromatic heterocycles. The summed E-state index contributed by atoms with van der Waals surface area (Å²) in [6.45, 7) is 6.59. The number of hydrogen-bond donors (Lipinski definition) is 1. The Balaban J connectivity index is 2.61. The zero-order valence-corrected chi connectivity index (χ0v) is 14.0. The number of ether oxygens (including phenoxy) is 2. The molecule has 0 unspecified atom stereocenters. The van der Waals surface area contributed by atoms with Crippen molar-refractivity contribution in [3.8, 4) is 5.75 Å². The van der Waals surface area contributed by atoms with Gasteiger partial charge < -0.3 is 14.8 Å². The van der Waals surface area contributed by atoms with Crippen LogP contribution >= 0.6 is 0 Å². The summed E-state index contributed by atoms with van der Waals surface area (Å²) >= 11 is 0. The van der Waals surface area contributed by atoms with E-state index in [-0.39, 0.29) is 12.0 Å². The summed E-state index contributed by atoms with van der Waals surface area (Å²) in [5.41, 5.74) is 1.05. The van der Waals surface area contributed by atoms with Gasteiger partial charge in [-0.3, -0.25) is 0 Å². The quantitative estimate of drug-likeness (QED) is 0.553. The summed E-state index contributed by atoms with van der Waals surface area (Å²) in [7, 11) is 1.66. The first-order chi connectivity index (χ1) is 10.5. The monoisotopic (exact) mass is 305 g/mol. The average Bonchev–Trinajstić information content (AvgIpc) is 2.47. The molecule has 0 heterocycles. The van der Waals surface area contributed by atoms with Gasteiger partial charge in [0.25, 0.3) is 0 Å². The smallest absolute Gasteiger partial charge is 0.330 e. The normalized spacial score (nSPS) is 12.4. The molecule has 22 heavy (non-hydrogen) atoms. The van der Waals surface area contributed by atoms with E-state index >= 15 is 0 Å². The Morgan fingerprint density at radius 1 is 1.27 bits per heavy atom. The van der Waals surface area contributed by atoms with Gasteiger partial charge in [-0.1, -0.05) is 19.9 Å². The first kappa shape index (κ1) is 18.1. The van der Waals surface area contributed by atoms with Crippen molar-refractivity contribution in [1.82, 2.24) is 0 Å². The van der Waals surface area contributed by atoms with Crippen LogP contribution in [0.15, 0.2) is 36.4 Å². The molecule has 0 aliphatic carbocycles. The molecule has 0 aliphatic rings. The summed E-state index contributed by atoms with van der Waals surface area (Å²) in [6, 6.07) is 8.15. The number of nitrogens with one attached hydrogen (secondary N) is 1. The third-order valence-corrected chi connectivity index (χ3v) is 3.18. The van der Waals surface area contributed by atoms with Gasteiger partial charge in [-0.15, -0.1) is 0 Å². The van der Waals surface area contributed by atoms with Gasteiger partial charge in [0.15, 0.2) is 0 Å². The third-order valence-electron chi connectivity index (χ3n) is 3.18. The van der Waals surface area contributed by atoms with E-state index in [4.69, 9.17) is 9.47 Å². The highest BCUT2D eigenvalue weighted by Crippen LogP contribution is 2.19. The number of rotatable bonds is 9. The van der Waals surface area contributed by atoms with Crippen molar-refractivity contribution < 1.29 is 14.3 Å². The Labute approximate surface area is 133 Å². The van der Waals surface area contributed by atoms with E-state index < -0.39 is 0 Å². The fourth-order valence-corrected chi connectivity index (χ4v) is 2.22. The van der Waals surface area contributed by atoms with E-state index in [1.54, 1.807) is 14.0 Å². The minimum absolute atomic E-state index is 0.277. The standard InChI is InChI=1S/C18H27NO3/c1-5-22-18(20)8-6-7-16(13-14(2)3)19-15-9-11-17(21-4)12-10-15/h6,8-12,14,16,19H,5,7,13H2,1-4H3/b8-6+/t16-/m0/s1. The molecule has 122 valence electrons. The van der Waals surface area contributed by atoms with Crippen LogP contribution in [0, 0.1) is 5.92 Å². The maximum absolute atomic E-state index is 11.3. The number of hydrogen-bond acceptors (Lipinski definition) is 4. The molecule has 1 rings (SSSR count). The Morgan fingerprint density at radius 3 is 2.50 bits per heavy atom. The second-order valence-corrected chi connectivity index (χ2v) is 5.59. The molecule has 4 nitrogen and oxygen atoms in total. The van der Waals surface area contributed by atoms with Crippen LogP contribution in [0.4, 0.5) is 5.69 Å². The Bertz CT molecular complexity index is 466. The zero-order valence-electron chi connectivity index (χ0n) is 14.0. The van der Waals surface area contributed by atoms with Gasteiger partial charge in [0.1, 0.15) is 5.75 Å². The van der Waals surface area contributed by atoms with E-state index in [9.17, 15) is 4.79 Å². The number of carbonyl (C=O) groups excluding carboxylic acids is 1. The van der Waals surface area contributed by atoms with Crippen LogP contribution in [-0.2, 0) is 9.53 Å². The van der Waals surface area contributed by atoms with E-state index in [1.165, 1.54) is 6.08 Å². The molecule has 1 atom stereocenters. The predicted octanol–water partition coefficient (Wildman–Crippen LogP) is 4.03. The lowest BCUT2D eigenvalue weighted by Gasteiger charge is -2.20. The minimum atomic E-state index is -0.282. The largest absolute Gasteiger partial charge is 0.497 e. The molecule has 0 radical (unpaired) electrons. The third kappa shape index (κ3) is 7.16. The van der Waals surface area contributed by atoms with Crippen LogP contribution in [-0.4, -0.2) is 25.7 Å². The minimum Gasteiger partial charge on any atom is -0.497 e. The molecule has 0 bridgehead atoms.